The van der Waals surface area contributed by atoms with Crippen LogP contribution in [0.1, 0.15) is 76.0 Å². The van der Waals surface area contributed by atoms with Gasteiger partial charge in [-0.3, -0.25) is 10.4 Å². The Hall–Kier alpha value is -2.76. The summed E-state index contributed by atoms with van der Waals surface area (Å²) in [6.07, 6.45) is 16.3. The Balaban J connectivity index is 1.59. The van der Waals surface area contributed by atoms with Crippen molar-refractivity contribution in [2.75, 3.05) is 7.05 Å². The number of rotatable bonds is 7. The van der Waals surface area contributed by atoms with Gasteiger partial charge in [-0.05, 0) is 64.0 Å². The lowest BCUT2D eigenvalue weighted by atomic mass is 9.89. The molecule has 0 aromatic carbocycles. The molecular formula is C24H34N6. The lowest BCUT2D eigenvalue weighted by molar-refractivity contribution is 0.702. The van der Waals surface area contributed by atoms with Crippen molar-refractivity contribution in [3.63, 3.8) is 0 Å². The molecule has 2 aliphatic rings. The van der Waals surface area contributed by atoms with Gasteiger partial charge in [0.15, 0.2) is 0 Å². The van der Waals surface area contributed by atoms with Gasteiger partial charge in [0.05, 0.1) is 23.3 Å². The zero-order valence-electron chi connectivity index (χ0n) is 18.8. The van der Waals surface area contributed by atoms with E-state index in [2.05, 4.69) is 39.1 Å². The minimum absolute atomic E-state index is 0.381. The summed E-state index contributed by atoms with van der Waals surface area (Å²) in [7, 11) is 3.98. The molecule has 160 valence electrons. The van der Waals surface area contributed by atoms with Crippen molar-refractivity contribution in [2.24, 2.45) is 17.0 Å². The van der Waals surface area contributed by atoms with Gasteiger partial charge >= 0.3 is 0 Å². The number of aliphatic imine (C=N–C) groups is 2. The molecule has 0 unspecified atom stereocenters. The third-order valence-corrected chi connectivity index (χ3v) is 5.82. The van der Waals surface area contributed by atoms with Crippen LogP contribution in [0.15, 0.2) is 33.5 Å². The van der Waals surface area contributed by atoms with E-state index in [0.29, 0.717) is 12.3 Å². The monoisotopic (exact) mass is 406 g/mol. The number of aryl methyl sites for hydroxylation is 1. The van der Waals surface area contributed by atoms with Crippen molar-refractivity contribution >= 4 is 29.4 Å². The molecule has 1 heterocycles. The smallest absolute Gasteiger partial charge is 0.120 e. The normalized spacial score (nSPS) is 17.2. The first-order valence-corrected chi connectivity index (χ1v) is 10.9. The van der Waals surface area contributed by atoms with Gasteiger partial charge in [0.25, 0.3) is 0 Å². The molecule has 0 fully saturated rings. The molecular weight excluding hydrogens is 372 g/mol. The van der Waals surface area contributed by atoms with Crippen LogP contribution in [-0.4, -0.2) is 34.4 Å². The Labute approximate surface area is 180 Å². The molecule has 0 radical (unpaired) electrons. The molecule has 0 atom stereocenters. The second kappa shape index (κ2) is 10.3. The zero-order chi connectivity index (χ0) is 21.5. The number of hydrogen-bond acceptors (Lipinski definition) is 4. The highest BCUT2D eigenvalue weighted by Gasteiger charge is 2.22. The molecule has 2 aliphatic carbocycles. The molecule has 0 saturated heterocycles. The Morgan fingerprint density at radius 2 is 2.10 bits per heavy atom. The number of nitrogens with one attached hydrogen (secondary N) is 2. The summed E-state index contributed by atoms with van der Waals surface area (Å²) in [4.78, 5) is 13.6. The fourth-order valence-electron chi connectivity index (χ4n) is 3.93. The molecule has 2 N–H and O–H groups in total. The van der Waals surface area contributed by atoms with E-state index in [4.69, 9.17) is 10.4 Å². The van der Waals surface area contributed by atoms with E-state index >= 15 is 0 Å². The van der Waals surface area contributed by atoms with Crippen molar-refractivity contribution < 1.29 is 0 Å². The van der Waals surface area contributed by atoms with E-state index in [1.807, 2.05) is 20.9 Å². The van der Waals surface area contributed by atoms with Crippen molar-refractivity contribution in [3.8, 4) is 0 Å². The summed E-state index contributed by atoms with van der Waals surface area (Å²) in [5, 5.41) is 11.1. The second-order valence-corrected chi connectivity index (χ2v) is 8.11. The zero-order valence-corrected chi connectivity index (χ0v) is 18.8. The lowest BCUT2D eigenvalue weighted by Crippen LogP contribution is -2.03. The maximum absolute atomic E-state index is 8.11. The van der Waals surface area contributed by atoms with Gasteiger partial charge in [-0.1, -0.05) is 11.6 Å². The fourth-order valence-corrected chi connectivity index (χ4v) is 3.93. The maximum Gasteiger partial charge on any atom is 0.120 e. The maximum atomic E-state index is 8.11. The molecule has 3 rings (SSSR count). The quantitative estimate of drug-likeness (QED) is 0.489. The predicted octanol–water partition coefficient (Wildman–Crippen LogP) is 5.08. The number of hydrogen-bond donors (Lipinski definition) is 2. The molecule has 1 aromatic rings. The topological polar surface area (TPSA) is 78.4 Å². The van der Waals surface area contributed by atoms with Crippen molar-refractivity contribution in [1.29, 1.82) is 5.41 Å². The van der Waals surface area contributed by atoms with E-state index < -0.39 is 0 Å². The van der Waals surface area contributed by atoms with Crippen LogP contribution in [0.2, 0.25) is 0 Å². The van der Waals surface area contributed by atoms with Gasteiger partial charge in [0.2, 0.25) is 0 Å². The molecule has 0 aliphatic heterocycles. The second-order valence-electron chi connectivity index (χ2n) is 8.11. The molecule has 30 heavy (non-hydrogen) atoms. The first-order valence-electron chi connectivity index (χ1n) is 10.9. The van der Waals surface area contributed by atoms with E-state index in [1.54, 1.807) is 18.0 Å². The fraction of sp³-hybridized carbons (Fsp3) is 0.500. The summed E-state index contributed by atoms with van der Waals surface area (Å²) in [6.45, 7) is 3.84. The van der Waals surface area contributed by atoms with Gasteiger partial charge < -0.3 is 9.88 Å². The summed E-state index contributed by atoms with van der Waals surface area (Å²) in [6, 6.07) is 0. The third kappa shape index (κ3) is 5.43. The average Bonchev–Trinajstić information content (AvgIpc) is 2.94. The first-order chi connectivity index (χ1) is 14.5. The number of amidine groups is 1. The Kier molecular flexibility index (Phi) is 7.55. The highest BCUT2D eigenvalue weighted by molar-refractivity contribution is 6.31. The molecule has 0 amide bonds. The van der Waals surface area contributed by atoms with Gasteiger partial charge in [-0.2, -0.15) is 0 Å². The van der Waals surface area contributed by atoms with Crippen molar-refractivity contribution in [1.82, 2.24) is 14.9 Å². The van der Waals surface area contributed by atoms with Gasteiger partial charge in [0.1, 0.15) is 11.7 Å². The van der Waals surface area contributed by atoms with E-state index in [1.165, 1.54) is 36.2 Å². The van der Waals surface area contributed by atoms with E-state index in [9.17, 15) is 0 Å². The highest BCUT2D eigenvalue weighted by Crippen LogP contribution is 2.37. The third-order valence-electron chi connectivity index (χ3n) is 5.82. The number of fused-ring (bicyclic) bond motifs is 2. The van der Waals surface area contributed by atoms with Crippen molar-refractivity contribution in [2.45, 2.75) is 65.2 Å². The molecule has 0 spiro atoms. The summed E-state index contributed by atoms with van der Waals surface area (Å²) >= 11 is 0. The summed E-state index contributed by atoms with van der Waals surface area (Å²) in [5.41, 5.74) is 7.26. The van der Waals surface area contributed by atoms with Crippen LogP contribution in [0.3, 0.4) is 0 Å². The molecule has 6 nitrogen and oxygen atoms in total. The van der Waals surface area contributed by atoms with Gasteiger partial charge in [-0.15, -0.1) is 0 Å². The van der Waals surface area contributed by atoms with Gasteiger partial charge in [0, 0.05) is 38.8 Å². The average molecular weight is 407 g/mol. The Morgan fingerprint density at radius 1 is 1.30 bits per heavy atom. The van der Waals surface area contributed by atoms with Crippen LogP contribution >= 0.6 is 0 Å². The minimum atomic E-state index is 0.381. The standard InChI is InChI=1S/C24H34N6/c1-17(26-3)15-27-18(2)16-28-22(25)13-8-14-23-29-24-20-11-6-5-9-19(20)10-7-12-21(24)30(23)4/h7,12,15-16,25-26H,5-6,8-11,13-14H2,1-4H3/b17-15-,25-22?,27-18-,28-16+. The van der Waals surface area contributed by atoms with Crippen LogP contribution in [-0.2, 0) is 13.5 Å². The van der Waals surface area contributed by atoms with E-state index in [0.717, 1.165) is 42.9 Å². The van der Waals surface area contributed by atoms with Crippen LogP contribution in [0.25, 0.3) is 11.6 Å². The number of aromatic nitrogens is 2. The van der Waals surface area contributed by atoms with Gasteiger partial charge in [-0.25, -0.2) is 9.98 Å². The van der Waals surface area contributed by atoms with E-state index in [-0.39, 0.29) is 0 Å². The highest BCUT2D eigenvalue weighted by atomic mass is 15.1. The number of allylic oxidation sites excluding steroid dienone is 4. The minimum Gasteiger partial charge on any atom is -0.390 e. The van der Waals surface area contributed by atoms with Crippen LogP contribution in [0.5, 0.6) is 0 Å². The SMILES string of the molecule is CN\C(C)=C/N=C(C)\C=N\C(=N)CCCc1nc2c(n1C)C=CCC1=C2CCCC1. The summed E-state index contributed by atoms with van der Waals surface area (Å²) < 4.78 is 2.23. The Morgan fingerprint density at radius 3 is 2.90 bits per heavy atom. The van der Waals surface area contributed by atoms with Crippen LogP contribution in [0, 0.1) is 5.41 Å². The van der Waals surface area contributed by atoms with Crippen LogP contribution in [0.4, 0.5) is 0 Å². The number of imidazole rings is 1. The Bertz CT molecular complexity index is 939. The molecule has 0 bridgehead atoms. The predicted molar refractivity (Wildman–Crippen MR) is 127 cm³/mol. The number of nitrogens with zero attached hydrogens (tertiary/aromatic N) is 4. The molecule has 6 heteroatoms. The largest absolute Gasteiger partial charge is 0.390 e. The summed E-state index contributed by atoms with van der Waals surface area (Å²) in [5.74, 6) is 1.48. The first kappa shape index (κ1) is 21.9. The molecule has 1 aromatic heterocycles. The van der Waals surface area contributed by atoms with Crippen molar-refractivity contribution in [3.05, 3.63) is 40.8 Å². The lowest BCUT2D eigenvalue weighted by Gasteiger charge is -2.17. The van der Waals surface area contributed by atoms with Crippen LogP contribution < -0.4 is 5.32 Å². The molecule has 0 saturated carbocycles.